The lowest BCUT2D eigenvalue weighted by atomic mass is 10.2. The van der Waals surface area contributed by atoms with Crippen molar-refractivity contribution in [2.45, 2.75) is 39.7 Å². The summed E-state index contributed by atoms with van der Waals surface area (Å²) >= 11 is 0. The molecule has 0 aliphatic rings. The molecule has 0 atom stereocenters. The van der Waals surface area contributed by atoms with Crippen LogP contribution < -0.4 is 11.3 Å². The maximum atomic E-state index is 11.4. The number of carbonyl (C=O) groups is 1. The molecule has 1 aromatic heterocycles. The summed E-state index contributed by atoms with van der Waals surface area (Å²) in [6.07, 6.45) is 3.64. The van der Waals surface area contributed by atoms with Gasteiger partial charge in [0.15, 0.2) is 0 Å². The van der Waals surface area contributed by atoms with Crippen LogP contribution in [-0.4, -0.2) is 24.4 Å². The molecule has 0 aromatic carbocycles. The third-order valence-corrected chi connectivity index (χ3v) is 2.91. The van der Waals surface area contributed by atoms with Crippen LogP contribution in [0.2, 0.25) is 0 Å². The van der Waals surface area contributed by atoms with Gasteiger partial charge in [-0.25, -0.2) is 5.84 Å². The molecule has 0 aliphatic heterocycles. The summed E-state index contributed by atoms with van der Waals surface area (Å²) in [5.41, 5.74) is 2.63. The van der Waals surface area contributed by atoms with E-state index in [2.05, 4.69) is 24.3 Å². The number of nitrogen functional groups attached to an aromatic ring is 1. The first kappa shape index (κ1) is 14.7. The normalized spacial score (nSPS) is 10.9. The minimum atomic E-state index is -0.309. The van der Waals surface area contributed by atoms with Crippen molar-refractivity contribution in [3.05, 3.63) is 23.2 Å². The highest BCUT2D eigenvalue weighted by molar-refractivity contribution is 5.94. The van der Waals surface area contributed by atoms with Gasteiger partial charge in [-0.2, -0.15) is 0 Å². The van der Waals surface area contributed by atoms with Gasteiger partial charge >= 0.3 is 0 Å². The van der Waals surface area contributed by atoms with Gasteiger partial charge in [0.25, 0.3) is 5.91 Å². The van der Waals surface area contributed by atoms with E-state index in [9.17, 15) is 4.79 Å². The Balaban J connectivity index is 2.54. The number of nitrogens with zero attached hydrogens (tertiary/aromatic N) is 1. The van der Waals surface area contributed by atoms with Gasteiger partial charge in [-0.1, -0.05) is 19.8 Å². The van der Waals surface area contributed by atoms with Gasteiger partial charge in [0.2, 0.25) is 0 Å². The van der Waals surface area contributed by atoms with Gasteiger partial charge in [0.05, 0.1) is 12.1 Å². The van der Waals surface area contributed by atoms with E-state index in [1.165, 1.54) is 19.3 Å². The smallest absolute Gasteiger partial charge is 0.268 e. The van der Waals surface area contributed by atoms with Crippen molar-refractivity contribution in [3.63, 3.8) is 0 Å². The molecular weight excluding hydrogens is 230 g/mol. The van der Waals surface area contributed by atoms with E-state index in [1.807, 2.05) is 0 Å². The summed E-state index contributed by atoms with van der Waals surface area (Å²) in [7, 11) is 2.05. The lowest BCUT2D eigenvalue weighted by Gasteiger charge is -2.14. The van der Waals surface area contributed by atoms with E-state index in [0.717, 1.165) is 12.3 Å². The third kappa shape index (κ3) is 4.16. The van der Waals surface area contributed by atoms with E-state index < -0.39 is 0 Å². The van der Waals surface area contributed by atoms with Gasteiger partial charge in [-0.05, 0) is 33.0 Å². The molecule has 5 nitrogen and oxygen atoms in total. The number of nitrogens with two attached hydrogens (primary N) is 1. The highest BCUT2D eigenvalue weighted by Gasteiger charge is 2.14. The molecule has 0 saturated heterocycles. The van der Waals surface area contributed by atoms with Crippen LogP contribution in [0.3, 0.4) is 0 Å². The Morgan fingerprint density at radius 2 is 2.22 bits per heavy atom. The fourth-order valence-electron chi connectivity index (χ4n) is 1.90. The summed E-state index contributed by atoms with van der Waals surface area (Å²) < 4.78 is 5.56. The second-order valence-electron chi connectivity index (χ2n) is 4.60. The Kier molecular flexibility index (Phi) is 5.88. The standard InChI is InChI=1S/C13H23N3O2/c1-4-5-6-7-16(3)9-11-8-12(10(2)18-11)13(17)15-14/h8H,4-7,9,14H2,1-3H3,(H,15,17). The zero-order valence-corrected chi connectivity index (χ0v) is 11.5. The number of unbranched alkanes of at least 4 members (excludes halogenated alkanes) is 2. The quantitative estimate of drug-likeness (QED) is 0.336. The average Bonchev–Trinajstić information content (AvgIpc) is 2.69. The molecule has 0 bridgehead atoms. The van der Waals surface area contributed by atoms with Crippen LogP contribution in [0.4, 0.5) is 0 Å². The number of rotatable bonds is 7. The molecule has 0 spiro atoms. The molecule has 0 saturated carbocycles. The molecule has 1 heterocycles. The topological polar surface area (TPSA) is 71.5 Å². The van der Waals surface area contributed by atoms with Crippen LogP contribution in [0.25, 0.3) is 0 Å². The van der Waals surface area contributed by atoms with Gasteiger partial charge in [-0.15, -0.1) is 0 Å². The number of hydrazine groups is 1. The van der Waals surface area contributed by atoms with Crippen molar-refractivity contribution in [1.29, 1.82) is 0 Å². The first-order chi connectivity index (χ1) is 8.58. The maximum Gasteiger partial charge on any atom is 0.268 e. The van der Waals surface area contributed by atoms with E-state index in [-0.39, 0.29) is 5.91 Å². The first-order valence-electron chi connectivity index (χ1n) is 6.37. The van der Waals surface area contributed by atoms with Crippen LogP contribution in [-0.2, 0) is 6.54 Å². The molecule has 102 valence electrons. The first-order valence-corrected chi connectivity index (χ1v) is 6.37. The fraction of sp³-hybridized carbons (Fsp3) is 0.615. The Bertz CT molecular complexity index is 388. The van der Waals surface area contributed by atoms with Crippen LogP contribution >= 0.6 is 0 Å². The Morgan fingerprint density at radius 3 is 2.83 bits per heavy atom. The molecule has 0 fully saturated rings. The summed E-state index contributed by atoms with van der Waals surface area (Å²) in [5, 5.41) is 0. The number of amides is 1. The van der Waals surface area contributed by atoms with Crippen molar-refractivity contribution >= 4 is 5.91 Å². The summed E-state index contributed by atoms with van der Waals surface area (Å²) in [5.74, 6) is 6.21. The molecule has 5 heteroatoms. The number of carbonyl (C=O) groups excluding carboxylic acids is 1. The molecule has 1 amide bonds. The lowest BCUT2D eigenvalue weighted by Crippen LogP contribution is -2.30. The predicted molar refractivity (Wildman–Crippen MR) is 71.0 cm³/mol. The van der Waals surface area contributed by atoms with E-state index >= 15 is 0 Å². The van der Waals surface area contributed by atoms with Crippen molar-refractivity contribution < 1.29 is 9.21 Å². The number of nitrogens with one attached hydrogen (secondary N) is 1. The predicted octanol–water partition coefficient (Wildman–Crippen LogP) is 1.81. The number of aryl methyl sites for hydroxylation is 1. The SMILES string of the molecule is CCCCCN(C)Cc1cc(C(=O)NN)c(C)o1. The average molecular weight is 253 g/mol. The van der Waals surface area contributed by atoms with E-state index in [4.69, 9.17) is 10.3 Å². The minimum absolute atomic E-state index is 0.309. The van der Waals surface area contributed by atoms with Gasteiger partial charge in [0, 0.05) is 0 Å². The highest BCUT2D eigenvalue weighted by Crippen LogP contribution is 2.16. The van der Waals surface area contributed by atoms with E-state index in [1.54, 1.807) is 13.0 Å². The van der Waals surface area contributed by atoms with Crippen LogP contribution in [0, 0.1) is 6.92 Å². The third-order valence-electron chi connectivity index (χ3n) is 2.91. The molecule has 1 aromatic rings. The Labute approximate surface area is 108 Å². The Hall–Kier alpha value is -1.33. The molecule has 0 radical (unpaired) electrons. The van der Waals surface area contributed by atoms with Crippen LogP contribution in [0.5, 0.6) is 0 Å². The van der Waals surface area contributed by atoms with Gasteiger partial charge < -0.3 is 4.42 Å². The molecule has 18 heavy (non-hydrogen) atoms. The number of furan rings is 1. The zero-order valence-electron chi connectivity index (χ0n) is 11.5. The summed E-state index contributed by atoms with van der Waals surface area (Å²) in [6.45, 7) is 5.70. The lowest BCUT2D eigenvalue weighted by molar-refractivity contribution is 0.0952. The van der Waals surface area contributed by atoms with E-state index in [0.29, 0.717) is 17.9 Å². The zero-order chi connectivity index (χ0) is 13.5. The molecule has 1 rings (SSSR count). The van der Waals surface area contributed by atoms with Gasteiger partial charge in [-0.3, -0.25) is 15.1 Å². The van der Waals surface area contributed by atoms with Crippen LogP contribution in [0.1, 0.15) is 48.1 Å². The molecule has 0 aliphatic carbocycles. The second-order valence-corrected chi connectivity index (χ2v) is 4.60. The maximum absolute atomic E-state index is 11.4. The number of hydrogen-bond donors (Lipinski definition) is 2. The monoisotopic (exact) mass is 253 g/mol. The van der Waals surface area contributed by atoms with Crippen molar-refractivity contribution in [2.75, 3.05) is 13.6 Å². The van der Waals surface area contributed by atoms with Crippen molar-refractivity contribution in [1.82, 2.24) is 10.3 Å². The molecule has 0 unspecified atom stereocenters. The second kappa shape index (κ2) is 7.18. The molecule has 3 N–H and O–H groups in total. The van der Waals surface area contributed by atoms with Crippen LogP contribution in [0.15, 0.2) is 10.5 Å². The number of hydrogen-bond acceptors (Lipinski definition) is 4. The summed E-state index contributed by atoms with van der Waals surface area (Å²) in [6, 6.07) is 1.76. The highest BCUT2D eigenvalue weighted by atomic mass is 16.3. The molecular formula is C13H23N3O2. The van der Waals surface area contributed by atoms with Crippen molar-refractivity contribution in [2.24, 2.45) is 5.84 Å². The largest absolute Gasteiger partial charge is 0.464 e. The summed E-state index contributed by atoms with van der Waals surface area (Å²) in [4.78, 5) is 13.6. The Morgan fingerprint density at radius 1 is 1.50 bits per heavy atom. The van der Waals surface area contributed by atoms with Crippen molar-refractivity contribution in [3.8, 4) is 0 Å². The van der Waals surface area contributed by atoms with Gasteiger partial charge in [0.1, 0.15) is 11.5 Å². The fourth-order valence-corrected chi connectivity index (χ4v) is 1.90. The minimum Gasteiger partial charge on any atom is -0.464 e.